The number of amides is 1. The summed E-state index contributed by atoms with van der Waals surface area (Å²) >= 11 is 0. The van der Waals surface area contributed by atoms with Crippen LogP contribution in [0, 0.1) is 5.92 Å². The molecule has 1 unspecified atom stereocenters. The predicted octanol–water partition coefficient (Wildman–Crippen LogP) is 4.14. The molecular weight excluding hydrogens is 497 g/mol. The lowest BCUT2D eigenvalue weighted by atomic mass is 9.98. The van der Waals surface area contributed by atoms with Gasteiger partial charge in [-0.15, -0.1) is 0 Å². The largest absolute Gasteiger partial charge is 0.495 e. The van der Waals surface area contributed by atoms with E-state index >= 15 is 0 Å². The number of rotatable bonds is 8. The molecular formula is C24H31F3N4O4S. The van der Waals surface area contributed by atoms with Gasteiger partial charge in [0.2, 0.25) is 15.9 Å². The number of pyridine rings is 1. The van der Waals surface area contributed by atoms with Crippen LogP contribution in [0.3, 0.4) is 0 Å². The summed E-state index contributed by atoms with van der Waals surface area (Å²) < 4.78 is 70.7. The number of halogens is 3. The molecule has 0 bridgehead atoms. The molecule has 1 fully saturated rings. The standard InChI is InChI=1S/C24H31F3N4O4S/c1-15-9-11-31(12-10-15)22-18(6-8-21(29-22)24(25,26)27)14-28-23(32)16(2)17-5-7-19(20(13-17)35-3)30-36(4,33)34/h5-8,13,15-16,30H,9-12,14H2,1-4H3,(H,28,32). The Morgan fingerprint density at radius 1 is 1.22 bits per heavy atom. The van der Waals surface area contributed by atoms with Crippen LogP contribution in [-0.4, -0.2) is 45.8 Å². The Kier molecular flexibility index (Phi) is 8.37. The van der Waals surface area contributed by atoms with E-state index < -0.39 is 27.8 Å². The molecule has 0 saturated carbocycles. The van der Waals surface area contributed by atoms with Gasteiger partial charge in [0.05, 0.1) is 25.0 Å². The molecule has 1 atom stereocenters. The first-order chi connectivity index (χ1) is 16.8. The number of alkyl halides is 3. The van der Waals surface area contributed by atoms with Gasteiger partial charge >= 0.3 is 6.18 Å². The maximum absolute atomic E-state index is 13.3. The average Bonchev–Trinajstić information content (AvgIpc) is 2.81. The third-order valence-corrected chi connectivity index (χ3v) is 6.79. The van der Waals surface area contributed by atoms with Gasteiger partial charge in [0.15, 0.2) is 0 Å². The number of carbonyl (C=O) groups excluding carboxylic acids is 1. The van der Waals surface area contributed by atoms with Crippen LogP contribution < -0.4 is 19.7 Å². The Bertz CT molecular complexity index is 1200. The molecule has 12 heteroatoms. The van der Waals surface area contributed by atoms with Crippen molar-refractivity contribution in [1.29, 1.82) is 0 Å². The number of nitrogens with zero attached hydrogens (tertiary/aromatic N) is 2. The minimum absolute atomic E-state index is 0.0144. The van der Waals surface area contributed by atoms with Gasteiger partial charge in [-0.05, 0) is 49.4 Å². The second-order valence-electron chi connectivity index (χ2n) is 9.12. The molecule has 2 heterocycles. The Balaban J connectivity index is 1.77. The molecule has 8 nitrogen and oxygen atoms in total. The molecule has 0 radical (unpaired) electrons. The first-order valence-corrected chi connectivity index (χ1v) is 13.4. The van der Waals surface area contributed by atoms with Crippen molar-refractivity contribution in [3.05, 3.63) is 47.2 Å². The Hall–Kier alpha value is -3.02. The fourth-order valence-electron chi connectivity index (χ4n) is 4.02. The van der Waals surface area contributed by atoms with Crippen LogP contribution in [0.25, 0.3) is 0 Å². The van der Waals surface area contributed by atoms with Crippen molar-refractivity contribution < 1.29 is 31.1 Å². The molecule has 36 heavy (non-hydrogen) atoms. The highest BCUT2D eigenvalue weighted by Gasteiger charge is 2.34. The molecule has 1 aliphatic rings. The lowest BCUT2D eigenvalue weighted by Crippen LogP contribution is -2.35. The van der Waals surface area contributed by atoms with Crippen molar-refractivity contribution in [3.63, 3.8) is 0 Å². The number of sulfonamides is 1. The van der Waals surface area contributed by atoms with Crippen LogP contribution in [0.5, 0.6) is 5.75 Å². The summed E-state index contributed by atoms with van der Waals surface area (Å²) in [6, 6.07) is 6.98. The number of aromatic nitrogens is 1. The van der Waals surface area contributed by atoms with Gasteiger partial charge in [-0.25, -0.2) is 13.4 Å². The molecule has 2 aromatic rings. The van der Waals surface area contributed by atoms with Crippen molar-refractivity contribution in [2.45, 2.75) is 45.3 Å². The van der Waals surface area contributed by atoms with Crippen LogP contribution >= 0.6 is 0 Å². The molecule has 0 spiro atoms. The molecule has 1 aromatic carbocycles. The Morgan fingerprint density at radius 2 is 1.89 bits per heavy atom. The normalized spacial score (nSPS) is 15.9. The van der Waals surface area contributed by atoms with E-state index in [1.807, 2.05) is 4.90 Å². The van der Waals surface area contributed by atoms with Gasteiger partial charge in [-0.2, -0.15) is 13.2 Å². The number of hydrogen-bond acceptors (Lipinski definition) is 6. The molecule has 2 N–H and O–H groups in total. The number of benzene rings is 1. The predicted molar refractivity (Wildman–Crippen MR) is 132 cm³/mol. The number of nitrogens with one attached hydrogen (secondary N) is 2. The zero-order valence-corrected chi connectivity index (χ0v) is 21.5. The van der Waals surface area contributed by atoms with Crippen molar-refractivity contribution in [1.82, 2.24) is 10.3 Å². The number of anilines is 2. The highest BCUT2D eigenvalue weighted by Crippen LogP contribution is 2.33. The van der Waals surface area contributed by atoms with Gasteiger partial charge in [0.1, 0.15) is 17.3 Å². The van der Waals surface area contributed by atoms with E-state index in [2.05, 4.69) is 21.9 Å². The average molecular weight is 529 g/mol. The quantitative estimate of drug-likeness (QED) is 0.534. The van der Waals surface area contributed by atoms with Gasteiger partial charge < -0.3 is 15.0 Å². The minimum Gasteiger partial charge on any atom is -0.495 e. The number of carbonyl (C=O) groups is 1. The third-order valence-electron chi connectivity index (χ3n) is 6.20. The monoisotopic (exact) mass is 528 g/mol. The maximum Gasteiger partial charge on any atom is 0.433 e. The molecule has 1 aromatic heterocycles. The van der Waals surface area contributed by atoms with Crippen molar-refractivity contribution in [2.24, 2.45) is 5.92 Å². The molecule has 198 valence electrons. The lowest BCUT2D eigenvalue weighted by molar-refractivity contribution is -0.141. The number of piperidine rings is 1. The third kappa shape index (κ3) is 7.02. The van der Waals surface area contributed by atoms with Gasteiger partial charge in [-0.3, -0.25) is 9.52 Å². The summed E-state index contributed by atoms with van der Waals surface area (Å²) in [6.45, 7) is 4.99. The summed E-state index contributed by atoms with van der Waals surface area (Å²) in [5.41, 5.74) is 0.365. The van der Waals surface area contributed by atoms with E-state index in [0.29, 0.717) is 30.1 Å². The summed E-state index contributed by atoms with van der Waals surface area (Å²) in [5, 5.41) is 2.79. The van der Waals surface area contributed by atoms with Gasteiger partial charge in [0, 0.05) is 25.2 Å². The van der Waals surface area contributed by atoms with Crippen LogP contribution in [-0.2, 0) is 27.5 Å². The number of ether oxygens (including phenoxy) is 1. The summed E-state index contributed by atoms with van der Waals surface area (Å²) in [7, 11) is -2.13. The summed E-state index contributed by atoms with van der Waals surface area (Å²) in [4.78, 5) is 18.7. The zero-order chi connectivity index (χ0) is 26.7. The first-order valence-electron chi connectivity index (χ1n) is 11.5. The number of methoxy groups -OCH3 is 1. The van der Waals surface area contributed by atoms with E-state index in [1.165, 1.54) is 19.2 Å². The highest BCUT2D eigenvalue weighted by molar-refractivity contribution is 7.92. The molecule has 3 rings (SSSR count). The highest BCUT2D eigenvalue weighted by atomic mass is 32.2. The van der Waals surface area contributed by atoms with E-state index in [4.69, 9.17) is 4.74 Å². The van der Waals surface area contributed by atoms with Crippen LogP contribution in [0.2, 0.25) is 0 Å². The number of hydrogen-bond donors (Lipinski definition) is 2. The second-order valence-corrected chi connectivity index (χ2v) is 10.9. The molecule has 0 aliphatic carbocycles. The van der Waals surface area contributed by atoms with E-state index in [-0.39, 0.29) is 29.7 Å². The van der Waals surface area contributed by atoms with E-state index in [9.17, 15) is 26.4 Å². The van der Waals surface area contributed by atoms with Crippen molar-refractivity contribution >= 4 is 27.4 Å². The second kappa shape index (κ2) is 10.9. The summed E-state index contributed by atoms with van der Waals surface area (Å²) in [6.07, 6.45) is -1.84. The van der Waals surface area contributed by atoms with Crippen LogP contribution in [0.1, 0.15) is 49.4 Å². The summed E-state index contributed by atoms with van der Waals surface area (Å²) in [5.74, 6) is 0.00705. The Labute approximate surface area is 209 Å². The fourth-order valence-corrected chi connectivity index (χ4v) is 4.58. The maximum atomic E-state index is 13.3. The first kappa shape index (κ1) is 27.6. The van der Waals surface area contributed by atoms with E-state index in [1.54, 1.807) is 19.1 Å². The fraction of sp³-hybridized carbons (Fsp3) is 0.500. The molecule has 1 amide bonds. The van der Waals surface area contributed by atoms with Crippen molar-refractivity contribution in [3.8, 4) is 5.75 Å². The SMILES string of the molecule is COc1cc(C(C)C(=O)NCc2ccc(C(F)(F)F)nc2N2CCC(C)CC2)ccc1NS(C)(=O)=O. The van der Waals surface area contributed by atoms with E-state index in [0.717, 1.165) is 25.2 Å². The molecule has 1 saturated heterocycles. The zero-order valence-electron chi connectivity index (χ0n) is 20.6. The van der Waals surface area contributed by atoms with Crippen molar-refractivity contribution in [2.75, 3.05) is 36.1 Å². The van der Waals surface area contributed by atoms with Crippen LogP contribution in [0.15, 0.2) is 30.3 Å². The smallest absolute Gasteiger partial charge is 0.433 e. The minimum atomic E-state index is -4.56. The van der Waals surface area contributed by atoms with Gasteiger partial charge in [0.25, 0.3) is 0 Å². The Morgan fingerprint density at radius 3 is 2.47 bits per heavy atom. The van der Waals surface area contributed by atoms with Gasteiger partial charge in [-0.1, -0.05) is 19.1 Å². The lowest BCUT2D eigenvalue weighted by Gasteiger charge is -2.33. The molecule has 1 aliphatic heterocycles. The van der Waals surface area contributed by atoms with Crippen LogP contribution in [0.4, 0.5) is 24.7 Å². The topological polar surface area (TPSA) is 101 Å².